The number of ether oxygens (including phenoxy) is 1. The van der Waals surface area contributed by atoms with E-state index in [0.717, 1.165) is 11.3 Å². The van der Waals surface area contributed by atoms with Gasteiger partial charge in [-0.2, -0.15) is 0 Å². The highest BCUT2D eigenvalue weighted by Gasteiger charge is 2.17. The van der Waals surface area contributed by atoms with Crippen LogP contribution in [0.1, 0.15) is 29.8 Å². The van der Waals surface area contributed by atoms with Gasteiger partial charge in [0.2, 0.25) is 0 Å². The van der Waals surface area contributed by atoms with Crippen molar-refractivity contribution in [2.24, 2.45) is 0 Å². The maximum atomic E-state index is 12.5. The zero-order chi connectivity index (χ0) is 14.3. The summed E-state index contributed by atoms with van der Waals surface area (Å²) in [5, 5.41) is 3.08. The van der Waals surface area contributed by atoms with Crippen LogP contribution in [-0.4, -0.2) is 44.2 Å². The molecule has 0 saturated heterocycles. The number of hydrogen-bond acceptors (Lipinski definition) is 3. The van der Waals surface area contributed by atoms with Crippen molar-refractivity contribution in [3.05, 3.63) is 29.3 Å². The van der Waals surface area contributed by atoms with E-state index in [1.165, 1.54) is 0 Å². The van der Waals surface area contributed by atoms with Crippen molar-refractivity contribution in [2.75, 3.05) is 38.7 Å². The maximum Gasteiger partial charge on any atom is 0.256 e. The molecule has 4 heteroatoms. The highest BCUT2D eigenvalue weighted by atomic mass is 16.5. The van der Waals surface area contributed by atoms with Gasteiger partial charge in [0.1, 0.15) is 0 Å². The summed E-state index contributed by atoms with van der Waals surface area (Å²) in [5.74, 6) is 0.0477. The third-order valence-electron chi connectivity index (χ3n) is 3.05. The fraction of sp³-hybridized carbons (Fsp3) is 0.533. The summed E-state index contributed by atoms with van der Waals surface area (Å²) >= 11 is 0. The molecule has 0 radical (unpaired) electrons. The highest BCUT2D eigenvalue weighted by molar-refractivity contribution is 5.99. The average Bonchev–Trinajstić information content (AvgIpc) is 2.43. The molecule has 0 aliphatic rings. The number of rotatable bonds is 7. The average molecular weight is 264 g/mol. The molecule has 0 spiro atoms. The van der Waals surface area contributed by atoms with Crippen molar-refractivity contribution in [3.63, 3.8) is 0 Å². The van der Waals surface area contributed by atoms with Crippen molar-refractivity contribution in [1.82, 2.24) is 4.90 Å². The first-order valence-corrected chi connectivity index (χ1v) is 6.79. The van der Waals surface area contributed by atoms with Crippen LogP contribution in [0.15, 0.2) is 18.2 Å². The lowest BCUT2D eigenvalue weighted by Crippen LogP contribution is -2.34. The number of hydrogen-bond donors (Lipinski definition) is 1. The molecule has 1 N–H and O–H groups in total. The molecule has 106 valence electrons. The van der Waals surface area contributed by atoms with Crippen LogP contribution in [0, 0.1) is 6.92 Å². The van der Waals surface area contributed by atoms with E-state index in [-0.39, 0.29) is 5.91 Å². The Morgan fingerprint density at radius 2 is 2.11 bits per heavy atom. The van der Waals surface area contributed by atoms with Crippen LogP contribution in [0.2, 0.25) is 0 Å². The summed E-state index contributed by atoms with van der Waals surface area (Å²) < 4.78 is 5.32. The Kier molecular flexibility index (Phi) is 6.36. The van der Waals surface area contributed by atoms with Gasteiger partial charge in [0.15, 0.2) is 0 Å². The van der Waals surface area contributed by atoms with Crippen LogP contribution in [0.4, 0.5) is 5.69 Å². The Balaban J connectivity index is 2.84. The van der Waals surface area contributed by atoms with Crippen LogP contribution in [-0.2, 0) is 4.74 Å². The van der Waals surface area contributed by atoms with Crippen molar-refractivity contribution in [1.29, 1.82) is 0 Å². The molecular weight excluding hydrogens is 240 g/mol. The molecule has 1 aromatic rings. The second kappa shape index (κ2) is 7.79. The van der Waals surface area contributed by atoms with Gasteiger partial charge < -0.3 is 15.0 Å². The van der Waals surface area contributed by atoms with E-state index < -0.39 is 0 Å². The fourth-order valence-electron chi connectivity index (χ4n) is 1.94. The predicted molar refractivity (Wildman–Crippen MR) is 78.8 cm³/mol. The van der Waals surface area contributed by atoms with E-state index in [2.05, 4.69) is 5.32 Å². The fourth-order valence-corrected chi connectivity index (χ4v) is 1.94. The quantitative estimate of drug-likeness (QED) is 0.769. The van der Waals surface area contributed by atoms with Gasteiger partial charge in [0.05, 0.1) is 12.2 Å². The van der Waals surface area contributed by atoms with E-state index >= 15 is 0 Å². The lowest BCUT2D eigenvalue weighted by atomic mass is 10.1. The molecule has 0 atom stereocenters. The molecule has 1 amide bonds. The first-order chi connectivity index (χ1) is 9.13. The van der Waals surface area contributed by atoms with Crippen LogP contribution < -0.4 is 5.32 Å². The molecule has 0 heterocycles. The van der Waals surface area contributed by atoms with Gasteiger partial charge in [-0.05, 0) is 38.5 Å². The first kappa shape index (κ1) is 15.5. The van der Waals surface area contributed by atoms with Gasteiger partial charge in [-0.1, -0.05) is 6.07 Å². The number of likely N-dealkylation sites (N-methyl/N-ethyl adjacent to an activating group) is 1. The minimum absolute atomic E-state index is 0.0477. The minimum atomic E-state index is 0.0477. The number of carbonyl (C=O) groups is 1. The van der Waals surface area contributed by atoms with E-state index in [9.17, 15) is 4.79 Å². The van der Waals surface area contributed by atoms with Crippen LogP contribution >= 0.6 is 0 Å². The zero-order valence-corrected chi connectivity index (χ0v) is 12.3. The molecule has 0 fully saturated rings. The van der Waals surface area contributed by atoms with Crippen LogP contribution in [0.25, 0.3) is 0 Å². The lowest BCUT2D eigenvalue weighted by molar-refractivity contribution is 0.0670. The van der Waals surface area contributed by atoms with Crippen LogP contribution in [0.5, 0.6) is 0 Å². The largest absolute Gasteiger partial charge is 0.387 e. The number of anilines is 1. The molecule has 0 aliphatic carbocycles. The standard InChI is InChI=1S/C15H24N2O2/c1-5-17(9-10-19-6-2)15(18)13-8-7-12(3)11-14(13)16-4/h7-8,11,16H,5-6,9-10H2,1-4H3. The Morgan fingerprint density at radius 3 is 2.68 bits per heavy atom. The first-order valence-electron chi connectivity index (χ1n) is 6.79. The number of carbonyl (C=O) groups excluding carboxylic acids is 1. The Hall–Kier alpha value is -1.55. The number of nitrogens with zero attached hydrogens (tertiary/aromatic N) is 1. The molecule has 0 unspecified atom stereocenters. The summed E-state index contributed by atoms with van der Waals surface area (Å²) in [6.45, 7) is 8.52. The molecule has 0 bridgehead atoms. The molecule has 1 rings (SSSR count). The Bertz CT molecular complexity index is 419. The van der Waals surface area contributed by atoms with Gasteiger partial charge in [0, 0.05) is 32.4 Å². The van der Waals surface area contributed by atoms with Gasteiger partial charge in [0.25, 0.3) is 5.91 Å². The normalized spacial score (nSPS) is 10.3. The van der Waals surface area contributed by atoms with Crippen molar-refractivity contribution in [3.8, 4) is 0 Å². The Morgan fingerprint density at radius 1 is 1.37 bits per heavy atom. The summed E-state index contributed by atoms with van der Waals surface area (Å²) in [4.78, 5) is 14.3. The second-order valence-electron chi connectivity index (χ2n) is 4.38. The van der Waals surface area contributed by atoms with Crippen molar-refractivity contribution in [2.45, 2.75) is 20.8 Å². The molecule has 1 aromatic carbocycles. The van der Waals surface area contributed by atoms with Gasteiger partial charge >= 0.3 is 0 Å². The maximum absolute atomic E-state index is 12.5. The number of amides is 1. The van der Waals surface area contributed by atoms with E-state index in [0.29, 0.717) is 31.9 Å². The molecular formula is C15H24N2O2. The Labute approximate surface area is 115 Å². The number of nitrogens with one attached hydrogen (secondary N) is 1. The summed E-state index contributed by atoms with van der Waals surface area (Å²) in [6, 6.07) is 5.83. The monoisotopic (exact) mass is 264 g/mol. The summed E-state index contributed by atoms with van der Waals surface area (Å²) in [5.41, 5.74) is 2.73. The smallest absolute Gasteiger partial charge is 0.256 e. The minimum Gasteiger partial charge on any atom is -0.387 e. The third kappa shape index (κ3) is 4.24. The SMILES string of the molecule is CCOCCN(CC)C(=O)c1ccc(C)cc1NC. The second-order valence-corrected chi connectivity index (χ2v) is 4.38. The number of benzene rings is 1. The van der Waals surface area contributed by atoms with E-state index in [4.69, 9.17) is 4.74 Å². The van der Waals surface area contributed by atoms with Gasteiger partial charge in [-0.25, -0.2) is 0 Å². The van der Waals surface area contributed by atoms with Crippen LogP contribution in [0.3, 0.4) is 0 Å². The molecule has 0 aromatic heterocycles. The predicted octanol–water partition coefficient (Wildman–Crippen LogP) is 2.54. The molecule has 0 aliphatic heterocycles. The third-order valence-corrected chi connectivity index (χ3v) is 3.05. The van der Waals surface area contributed by atoms with Crippen molar-refractivity contribution >= 4 is 11.6 Å². The molecule has 0 saturated carbocycles. The summed E-state index contributed by atoms with van der Waals surface area (Å²) in [7, 11) is 1.84. The van der Waals surface area contributed by atoms with Gasteiger partial charge in [-0.15, -0.1) is 0 Å². The molecule has 4 nitrogen and oxygen atoms in total. The van der Waals surface area contributed by atoms with Crippen molar-refractivity contribution < 1.29 is 9.53 Å². The zero-order valence-electron chi connectivity index (χ0n) is 12.3. The van der Waals surface area contributed by atoms with Gasteiger partial charge in [-0.3, -0.25) is 4.79 Å². The highest BCUT2D eigenvalue weighted by Crippen LogP contribution is 2.19. The van der Waals surface area contributed by atoms with E-state index in [1.807, 2.05) is 46.0 Å². The summed E-state index contributed by atoms with van der Waals surface area (Å²) in [6.07, 6.45) is 0. The van der Waals surface area contributed by atoms with E-state index in [1.54, 1.807) is 4.90 Å². The topological polar surface area (TPSA) is 41.6 Å². The number of aryl methyl sites for hydroxylation is 1. The lowest BCUT2D eigenvalue weighted by Gasteiger charge is -2.22. The molecule has 19 heavy (non-hydrogen) atoms.